The van der Waals surface area contributed by atoms with Crippen molar-refractivity contribution in [3.63, 3.8) is 0 Å². The number of rotatable bonds is 9. The fourth-order valence-electron chi connectivity index (χ4n) is 6.96. The largest absolute Gasteiger partial charge is 0.390 e. The van der Waals surface area contributed by atoms with Crippen LogP contribution in [0.4, 0.5) is 0 Å². The van der Waals surface area contributed by atoms with E-state index in [-0.39, 0.29) is 22.5 Å². The van der Waals surface area contributed by atoms with Crippen molar-refractivity contribution in [2.24, 2.45) is 17.3 Å². The molecule has 3 saturated carbocycles. The minimum Gasteiger partial charge on any atom is -0.390 e. The maximum atomic E-state index is 12.9. The van der Waals surface area contributed by atoms with Gasteiger partial charge in [-0.05, 0) is 119 Å². The molecule has 1 N–H and O–H groups in total. The van der Waals surface area contributed by atoms with Crippen molar-refractivity contribution in [1.29, 1.82) is 0 Å². The first-order valence-corrected chi connectivity index (χ1v) is 16.6. The Morgan fingerprint density at radius 2 is 1.90 bits per heavy atom. The van der Waals surface area contributed by atoms with E-state index in [1.165, 1.54) is 24.8 Å². The number of halogens is 1. The molecule has 7 heteroatoms. The molecule has 0 spiro atoms. The second-order valence-electron chi connectivity index (χ2n) is 12.6. The van der Waals surface area contributed by atoms with Gasteiger partial charge in [-0.1, -0.05) is 52.7 Å². The minimum atomic E-state index is -3.82. The summed E-state index contributed by atoms with van der Waals surface area (Å²) >= 11 is 3.35. The fraction of sp³-hybridized carbons (Fsp3) is 0.625. The van der Waals surface area contributed by atoms with Crippen molar-refractivity contribution in [2.45, 2.75) is 108 Å². The first-order valence-electron chi connectivity index (χ1n) is 14.4. The van der Waals surface area contributed by atoms with Crippen LogP contribution in [0.5, 0.6) is 0 Å². The molecule has 1 aromatic carbocycles. The summed E-state index contributed by atoms with van der Waals surface area (Å²) in [6.45, 7) is 13.2. The van der Waals surface area contributed by atoms with E-state index in [2.05, 4.69) is 48.5 Å². The van der Waals surface area contributed by atoms with Gasteiger partial charge in [0.05, 0.1) is 22.7 Å². The molecule has 1 aromatic rings. The topological polar surface area (TPSA) is 72.8 Å². The molecule has 0 aliphatic heterocycles. The van der Waals surface area contributed by atoms with Crippen LogP contribution in [-0.4, -0.2) is 37.9 Å². The highest BCUT2D eigenvalue weighted by atomic mass is 79.9. The normalized spacial score (nSPS) is 31.0. The highest BCUT2D eigenvalue weighted by Gasteiger charge is 2.51. The van der Waals surface area contributed by atoms with Gasteiger partial charge >= 0.3 is 0 Å². The summed E-state index contributed by atoms with van der Waals surface area (Å²) in [4.78, 5) is 0.179. The van der Waals surface area contributed by atoms with Crippen LogP contribution in [-0.2, 0) is 19.0 Å². The second kappa shape index (κ2) is 12.3. The molecule has 3 fully saturated rings. The lowest BCUT2D eigenvalue weighted by Crippen LogP contribution is -2.39. The first kappa shape index (κ1) is 30.7. The van der Waals surface area contributed by atoms with Gasteiger partial charge in [-0.15, -0.1) is 0 Å². The lowest BCUT2D eigenvalue weighted by Gasteiger charge is -2.44. The molecule has 0 aromatic heterocycles. The third-order valence-electron chi connectivity index (χ3n) is 9.23. The number of hydrogen-bond donors (Lipinski definition) is 1. The number of ether oxygens (including phenoxy) is 1. The fourth-order valence-corrected chi connectivity index (χ4v) is 8.33. The standard InChI is InChI=1S/C32H45BrO5S/c1-22-8-13-27(38-39(35,36)28-14-11-26(33)12-15-28)21-25(22)10-9-24-7-6-18-32(5)29(16-17-30(24)32)23(2)37-20-19-31(3,4)34/h9-12,14-15,23,27,29-30,34H,1,6-8,13,16-21H2,2-5H3/b24-9+,25-10+/t23-,27-,29+,30?,32+/m0/s1. The van der Waals surface area contributed by atoms with E-state index in [1.54, 1.807) is 24.3 Å². The number of hydrogen-bond acceptors (Lipinski definition) is 5. The Morgan fingerprint density at radius 3 is 2.59 bits per heavy atom. The molecular formula is C32H45BrO5S. The third-order valence-corrected chi connectivity index (χ3v) is 11.1. The molecular weight excluding hydrogens is 576 g/mol. The number of fused-ring (bicyclic) bond motifs is 1. The lowest BCUT2D eigenvalue weighted by atomic mass is 9.62. The Balaban J connectivity index is 1.43. The molecule has 4 rings (SSSR count). The Bertz CT molecular complexity index is 1190. The van der Waals surface area contributed by atoms with E-state index in [9.17, 15) is 13.5 Å². The summed E-state index contributed by atoms with van der Waals surface area (Å²) in [6.07, 6.45) is 12.7. The Hall–Kier alpha value is -1.25. The Morgan fingerprint density at radius 1 is 1.18 bits per heavy atom. The average molecular weight is 622 g/mol. The molecule has 5 nitrogen and oxygen atoms in total. The van der Waals surface area contributed by atoms with E-state index in [0.717, 1.165) is 34.9 Å². The molecule has 3 aliphatic carbocycles. The van der Waals surface area contributed by atoms with E-state index in [0.29, 0.717) is 37.7 Å². The molecule has 0 radical (unpaired) electrons. The molecule has 39 heavy (non-hydrogen) atoms. The van der Waals surface area contributed by atoms with Crippen LogP contribution < -0.4 is 0 Å². The van der Waals surface area contributed by atoms with E-state index < -0.39 is 15.7 Å². The highest BCUT2D eigenvalue weighted by Crippen LogP contribution is 2.58. The van der Waals surface area contributed by atoms with E-state index in [1.807, 2.05) is 13.8 Å². The summed E-state index contributed by atoms with van der Waals surface area (Å²) in [5, 5.41) is 10.0. The van der Waals surface area contributed by atoms with Gasteiger partial charge in [0.15, 0.2) is 0 Å². The molecule has 5 atom stereocenters. The quantitative estimate of drug-likeness (QED) is 0.284. The van der Waals surface area contributed by atoms with Crippen LogP contribution >= 0.6 is 15.9 Å². The molecule has 0 bridgehead atoms. The van der Waals surface area contributed by atoms with Crippen molar-refractivity contribution in [2.75, 3.05) is 6.61 Å². The highest BCUT2D eigenvalue weighted by molar-refractivity contribution is 9.10. The van der Waals surface area contributed by atoms with Gasteiger partial charge in [-0.3, -0.25) is 4.18 Å². The van der Waals surface area contributed by atoms with Crippen molar-refractivity contribution in [3.05, 3.63) is 64.2 Å². The van der Waals surface area contributed by atoms with Gasteiger partial charge in [0.1, 0.15) is 0 Å². The Labute approximate surface area is 244 Å². The molecule has 0 amide bonds. The number of benzene rings is 1. The maximum absolute atomic E-state index is 12.9. The first-order chi connectivity index (χ1) is 18.3. The zero-order valence-electron chi connectivity index (χ0n) is 23.9. The van der Waals surface area contributed by atoms with Crippen LogP contribution in [0, 0.1) is 17.3 Å². The van der Waals surface area contributed by atoms with E-state index >= 15 is 0 Å². The van der Waals surface area contributed by atoms with Crippen molar-refractivity contribution in [3.8, 4) is 0 Å². The van der Waals surface area contributed by atoms with Crippen LogP contribution in [0.25, 0.3) is 0 Å². The van der Waals surface area contributed by atoms with Crippen molar-refractivity contribution < 1.29 is 22.4 Å². The van der Waals surface area contributed by atoms with Gasteiger partial charge in [0, 0.05) is 17.5 Å². The summed E-state index contributed by atoms with van der Waals surface area (Å²) in [5.41, 5.74) is 3.18. The van der Waals surface area contributed by atoms with Crippen LogP contribution in [0.2, 0.25) is 0 Å². The summed E-state index contributed by atoms with van der Waals surface area (Å²) < 4.78 is 38.5. The van der Waals surface area contributed by atoms with Crippen molar-refractivity contribution in [1.82, 2.24) is 0 Å². The van der Waals surface area contributed by atoms with Crippen LogP contribution in [0.15, 0.2) is 69.1 Å². The number of allylic oxidation sites excluding steroid dienone is 4. The predicted molar refractivity (Wildman–Crippen MR) is 160 cm³/mol. The molecule has 0 saturated heterocycles. The van der Waals surface area contributed by atoms with Gasteiger partial charge in [-0.25, -0.2) is 0 Å². The summed E-state index contributed by atoms with van der Waals surface area (Å²) in [6, 6.07) is 6.56. The summed E-state index contributed by atoms with van der Waals surface area (Å²) in [7, 11) is -3.82. The third kappa shape index (κ3) is 7.53. The molecule has 1 unspecified atom stereocenters. The van der Waals surface area contributed by atoms with E-state index in [4.69, 9.17) is 8.92 Å². The SMILES string of the molecule is C=C1CC[C@H](OS(=O)(=O)c2ccc(Br)cc2)C/C1=C\C=C1/CCC[C@@]2(C)C1CC[C@@H]2[C@H](C)OCCC(C)(C)O. The Kier molecular flexibility index (Phi) is 9.70. The smallest absolute Gasteiger partial charge is 0.297 e. The summed E-state index contributed by atoms with van der Waals surface area (Å²) in [5.74, 6) is 1.04. The van der Waals surface area contributed by atoms with Gasteiger partial charge < -0.3 is 9.84 Å². The zero-order valence-corrected chi connectivity index (χ0v) is 26.3. The van der Waals surface area contributed by atoms with Crippen LogP contribution in [0.1, 0.15) is 85.5 Å². The maximum Gasteiger partial charge on any atom is 0.297 e. The lowest BCUT2D eigenvalue weighted by molar-refractivity contribution is -0.0454. The van der Waals surface area contributed by atoms with Gasteiger partial charge in [-0.2, -0.15) is 8.42 Å². The van der Waals surface area contributed by atoms with Gasteiger partial charge in [0.25, 0.3) is 10.1 Å². The average Bonchev–Trinajstić information content (AvgIpc) is 3.21. The van der Waals surface area contributed by atoms with Gasteiger partial charge in [0.2, 0.25) is 0 Å². The molecule has 3 aliphatic rings. The predicted octanol–water partition coefficient (Wildman–Crippen LogP) is 7.90. The van der Waals surface area contributed by atoms with Crippen LogP contribution in [0.3, 0.4) is 0 Å². The number of aliphatic hydroxyl groups is 1. The molecule has 0 heterocycles. The second-order valence-corrected chi connectivity index (χ2v) is 15.1. The minimum absolute atomic E-state index is 0.170. The zero-order chi connectivity index (χ0) is 28.4. The van der Waals surface area contributed by atoms with Crippen molar-refractivity contribution >= 4 is 26.0 Å². The monoisotopic (exact) mass is 620 g/mol. The molecule has 216 valence electrons.